The molecule has 0 fully saturated rings. The molecule has 0 aliphatic heterocycles. The topological polar surface area (TPSA) is 68.7 Å². The lowest BCUT2D eigenvalue weighted by Gasteiger charge is -1.94. The minimum Gasteiger partial charge on any atom is -0.367 e. The molecule has 0 aliphatic carbocycles. The lowest BCUT2D eigenvalue weighted by Crippen LogP contribution is -2.20. The lowest BCUT2D eigenvalue weighted by atomic mass is 10.3. The van der Waals surface area contributed by atoms with E-state index >= 15 is 0 Å². The van der Waals surface area contributed by atoms with E-state index in [0.29, 0.717) is 6.54 Å². The van der Waals surface area contributed by atoms with Crippen LogP contribution in [0, 0.1) is 11.3 Å². The second-order valence-electron chi connectivity index (χ2n) is 2.01. The Morgan fingerprint density at radius 2 is 2.64 bits per heavy atom. The molecule has 2 N–H and O–H groups in total. The van der Waals surface area contributed by atoms with Gasteiger partial charge in [0.2, 0.25) is 0 Å². The van der Waals surface area contributed by atoms with Crippen molar-refractivity contribution in [3.05, 3.63) is 24.0 Å². The van der Waals surface area contributed by atoms with Gasteiger partial charge in [-0.25, -0.2) is 0 Å². The third-order valence-electron chi connectivity index (χ3n) is 1.22. The van der Waals surface area contributed by atoms with Crippen LogP contribution in [-0.2, 0) is 11.3 Å². The summed E-state index contributed by atoms with van der Waals surface area (Å²) in [6.07, 6.45) is 3.52. The van der Waals surface area contributed by atoms with E-state index in [4.69, 9.17) is 5.26 Å². The van der Waals surface area contributed by atoms with Crippen molar-refractivity contribution in [3.63, 3.8) is 0 Å². The van der Waals surface area contributed by atoms with Gasteiger partial charge in [0.05, 0.1) is 0 Å². The Kier molecular flexibility index (Phi) is 2.28. The maximum absolute atomic E-state index is 10.4. The van der Waals surface area contributed by atoms with Crippen LogP contribution in [0.2, 0.25) is 0 Å². The zero-order valence-electron chi connectivity index (χ0n) is 5.79. The smallest absolute Gasteiger partial charge is 0.322 e. The molecule has 1 aromatic rings. The lowest BCUT2D eigenvalue weighted by molar-refractivity contribution is -0.116. The minimum absolute atomic E-state index is 0.399. The number of nitrogens with zero attached hydrogens (tertiary/aromatic N) is 1. The molecule has 4 nitrogen and oxygen atoms in total. The molecule has 0 radical (unpaired) electrons. The van der Waals surface area contributed by atoms with Gasteiger partial charge in [0.25, 0.3) is 0 Å². The summed E-state index contributed by atoms with van der Waals surface area (Å²) in [5, 5.41) is 10.5. The standard InChI is InChI=1S/C7H7N3O/c8-3-7(11)10-5-6-1-2-9-4-6/h1-2,4,9H,5H2,(H,10,11). The Morgan fingerprint density at radius 1 is 1.82 bits per heavy atom. The van der Waals surface area contributed by atoms with Crippen molar-refractivity contribution in [2.75, 3.05) is 0 Å². The SMILES string of the molecule is N#CC(=O)NCc1cc[nH]c1. The number of aromatic amines is 1. The molecule has 56 valence electrons. The second kappa shape index (κ2) is 3.42. The number of carbonyl (C=O) groups is 1. The zero-order valence-corrected chi connectivity index (χ0v) is 5.79. The largest absolute Gasteiger partial charge is 0.367 e. The first-order valence-electron chi connectivity index (χ1n) is 3.12. The van der Waals surface area contributed by atoms with Crippen LogP contribution in [0.25, 0.3) is 0 Å². The number of hydrogen-bond acceptors (Lipinski definition) is 2. The number of hydrogen-bond donors (Lipinski definition) is 2. The molecule has 4 heteroatoms. The molecular weight excluding hydrogens is 142 g/mol. The fourth-order valence-electron chi connectivity index (χ4n) is 0.690. The molecule has 0 spiro atoms. The fraction of sp³-hybridized carbons (Fsp3) is 0.143. The van der Waals surface area contributed by atoms with Crippen LogP contribution in [0.4, 0.5) is 0 Å². The van der Waals surface area contributed by atoms with Crippen LogP contribution in [0.1, 0.15) is 5.56 Å². The summed E-state index contributed by atoms with van der Waals surface area (Å²) in [4.78, 5) is 13.3. The first kappa shape index (κ1) is 7.35. The van der Waals surface area contributed by atoms with Crippen molar-refractivity contribution in [2.24, 2.45) is 0 Å². The Morgan fingerprint density at radius 3 is 3.18 bits per heavy atom. The number of aromatic nitrogens is 1. The van der Waals surface area contributed by atoms with Crippen molar-refractivity contribution in [1.29, 1.82) is 5.26 Å². The van der Waals surface area contributed by atoms with Crippen molar-refractivity contribution >= 4 is 5.91 Å². The van der Waals surface area contributed by atoms with E-state index in [-0.39, 0.29) is 0 Å². The van der Waals surface area contributed by atoms with Gasteiger partial charge in [-0.3, -0.25) is 4.79 Å². The summed E-state index contributed by atoms with van der Waals surface area (Å²) in [6.45, 7) is 0.399. The van der Waals surface area contributed by atoms with Crippen LogP contribution >= 0.6 is 0 Å². The summed E-state index contributed by atoms with van der Waals surface area (Å²) in [7, 11) is 0. The van der Waals surface area contributed by atoms with Gasteiger partial charge >= 0.3 is 5.91 Å². The molecule has 0 aliphatic rings. The number of carbonyl (C=O) groups excluding carboxylic acids is 1. The van der Waals surface area contributed by atoms with E-state index in [1.807, 2.05) is 6.07 Å². The first-order chi connectivity index (χ1) is 5.33. The average Bonchev–Trinajstić information content (AvgIpc) is 2.52. The third-order valence-corrected chi connectivity index (χ3v) is 1.22. The Bertz CT molecular complexity index is 270. The maximum Gasteiger partial charge on any atom is 0.322 e. The first-order valence-corrected chi connectivity index (χ1v) is 3.12. The normalized spacial score (nSPS) is 8.64. The third kappa shape index (κ3) is 2.14. The Hall–Kier alpha value is -1.76. The van der Waals surface area contributed by atoms with E-state index in [2.05, 4.69) is 10.3 Å². The molecule has 1 aromatic heterocycles. The van der Waals surface area contributed by atoms with E-state index in [1.54, 1.807) is 12.4 Å². The van der Waals surface area contributed by atoms with Crippen molar-refractivity contribution in [1.82, 2.24) is 10.3 Å². The molecule has 0 bridgehead atoms. The highest BCUT2D eigenvalue weighted by Gasteiger charge is 1.96. The van der Waals surface area contributed by atoms with Gasteiger partial charge in [-0.05, 0) is 11.6 Å². The van der Waals surface area contributed by atoms with Crippen molar-refractivity contribution in [2.45, 2.75) is 6.54 Å². The molecule has 0 atom stereocenters. The molecular formula is C7H7N3O. The summed E-state index contributed by atoms with van der Waals surface area (Å²) >= 11 is 0. The predicted octanol–water partition coefficient (Wildman–Crippen LogP) is 0.154. The quantitative estimate of drug-likeness (QED) is 0.588. The molecule has 1 heterocycles. The number of rotatable bonds is 2. The van der Waals surface area contributed by atoms with Crippen LogP contribution in [-0.4, -0.2) is 10.9 Å². The fourth-order valence-corrected chi connectivity index (χ4v) is 0.690. The van der Waals surface area contributed by atoms with Gasteiger partial charge in [0, 0.05) is 18.9 Å². The predicted molar refractivity (Wildman–Crippen MR) is 38.3 cm³/mol. The Balaban J connectivity index is 2.36. The average molecular weight is 149 g/mol. The Labute approximate surface area is 63.8 Å². The maximum atomic E-state index is 10.4. The van der Waals surface area contributed by atoms with Crippen molar-refractivity contribution in [3.8, 4) is 6.07 Å². The molecule has 11 heavy (non-hydrogen) atoms. The zero-order chi connectivity index (χ0) is 8.10. The summed E-state index contributed by atoms with van der Waals surface area (Å²) < 4.78 is 0. The molecule has 0 aromatic carbocycles. The summed E-state index contributed by atoms with van der Waals surface area (Å²) in [5.41, 5.74) is 0.952. The van der Waals surface area contributed by atoms with Crippen LogP contribution in [0.3, 0.4) is 0 Å². The second-order valence-corrected chi connectivity index (χ2v) is 2.01. The monoisotopic (exact) mass is 149 g/mol. The molecule has 1 rings (SSSR count). The van der Waals surface area contributed by atoms with Crippen LogP contribution in [0.5, 0.6) is 0 Å². The van der Waals surface area contributed by atoms with E-state index in [1.165, 1.54) is 6.07 Å². The number of amides is 1. The number of nitriles is 1. The van der Waals surface area contributed by atoms with E-state index in [9.17, 15) is 4.79 Å². The highest BCUT2D eigenvalue weighted by atomic mass is 16.1. The number of nitrogens with one attached hydrogen (secondary N) is 2. The van der Waals surface area contributed by atoms with Gasteiger partial charge in [-0.1, -0.05) is 0 Å². The molecule has 0 saturated heterocycles. The van der Waals surface area contributed by atoms with Crippen LogP contribution in [0.15, 0.2) is 18.5 Å². The molecule has 0 unspecified atom stereocenters. The van der Waals surface area contributed by atoms with Gasteiger partial charge in [-0.15, -0.1) is 0 Å². The molecule has 0 saturated carbocycles. The van der Waals surface area contributed by atoms with E-state index in [0.717, 1.165) is 5.56 Å². The molecule has 1 amide bonds. The van der Waals surface area contributed by atoms with Gasteiger partial charge in [-0.2, -0.15) is 5.26 Å². The summed E-state index contributed by atoms with van der Waals surface area (Å²) in [6, 6.07) is 3.30. The number of H-pyrrole nitrogens is 1. The van der Waals surface area contributed by atoms with Crippen molar-refractivity contribution < 1.29 is 4.79 Å². The summed E-state index contributed by atoms with van der Waals surface area (Å²) in [5.74, 6) is -0.605. The highest BCUT2D eigenvalue weighted by molar-refractivity contribution is 5.91. The highest BCUT2D eigenvalue weighted by Crippen LogP contribution is 1.93. The van der Waals surface area contributed by atoms with Gasteiger partial charge < -0.3 is 10.3 Å². The van der Waals surface area contributed by atoms with Gasteiger partial charge in [0.15, 0.2) is 6.07 Å². The van der Waals surface area contributed by atoms with Crippen LogP contribution < -0.4 is 5.32 Å². The van der Waals surface area contributed by atoms with E-state index < -0.39 is 5.91 Å². The minimum atomic E-state index is -0.605. The van der Waals surface area contributed by atoms with Gasteiger partial charge in [0.1, 0.15) is 0 Å².